The molecule has 2 aliphatic carbocycles. The standard InChI is InChI=1S/C10H16O/c1-7-8-3-4-9(5-8)10(7,2)6-11/h8-9,11H,1,3-6H2,2H3/t8-,9+,10-/m0/s1. The maximum Gasteiger partial charge on any atom is 0.0524 e. The van der Waals surface area contributed by atoms with Crippen molar-refractivity contribution >= 4 is 0 Å². The van der Waals surface area contributed by atoms with Crippen LogP contribution >= 0.6 is 0 Å². The number of fused-ring (bicyclic) bond motifs is 2. The molecule has 2 bridgehead atoms. The molecule has 2 rings (SSSR count). The number of hydrogen-bond donors (Lipinski definition) is 1. The van der Waals surface area contributed by atoms with E-state index in [1.807, 2.05) is 0 Å². The molecule has 62 valence electrons. The molecular formula is C10H16O. The van der Waals surface area contributed by atoms with Crippen molar-refractivity contribution in [3.05, 3.63) is 12.2 Å². The highest BCUT2D eigenvalue weighted by molar-refractivity contribution is 5.24. The van der Waals surface area contributed by atoms with Gasteiger partial charge in [0.15, 0.2) is 0 Å². The quantitative estimate of drug-likeness (QED) is 0.569. The molecule has 0 aliphatic heterocycles. The van der Waals surface area contributed by atoms with Crippen LogP contribution in [0.4, 0.5) is 0 Å². The molecular weight excluding hydrogens is 136 g/mol. The van der Waals surface area contributed by atoms with E-state index in [1.54, 1.807) is 0 Å². The summed E-state index contributed by atoms with van der Waals surface area (Å²) in [7, 11) is 0. The van der Waals surface area contributed by atoms with Gasteiger partial charge in [-0.3, -0.25) is 0 Å². The molecule has 0 heterocycles. The maximum atomic E-state index is 9.26. The van der Waals surface area contributed by atoms with Gasteiger partial charge in [0.1, 0.15) is 0 Å². The molecule has 2 saturated carbocycles. The van der Waals surface area contributed by atoms with Gasteiger partial charge in [-0.25, -0.2) is 0 Å². The van der Waals surface area contributed by atoms with Crippen LogP contribution in [0.1, 0.15) is 26.2 Å². The first-order chi connectivity index (χ1) is 5.18. The first-order valence-electron chi connectivity index (χ1n) is 4.48. The van der Waals surface area contributed by atoms with Crippen molar-refractivity contribution in [2.45, 2.75) is 26.2 Å². The molecule has 0 aromatic rings. The Morgan fingerprint density at radius 3 is 2.73 bits per heavy atom. The highest BCUT2D eigenvalue weighted by Crippen LogP contribution is 2.58. The lowest BCUT2D eigenvalue weighted by Gasteiger charge is -2.34. The lowest BCUT2D eigenvalue weighted by atomic mass is 9.72. The summed E-state index contributed by atoms with van der Waals surface area (Å²) in [5.74, 6) is 1.46. The Morgan fingerprint density at radius 2 is 2.36 bits per heavy atom. The third-order valence-electron chi connectivity index (χ3n) is 3.89. The van der Waals surface area contributed by atoms with Crippen LogP contribution in [-0.2, 0) is 0 Å². The fraction of sp³-hybridized carbons (Fsp3) is 0.800. The second-order valence-electron chi connectivity index (χ2n) is 4.31. The fourth-order valence-corrected chi connectivity index (χ4v) is 2.84. The monoisotopic (exact) mass is 152 g/mol. The van der Waals surface area contributed by atoms with Gasteiger partial charge in [0.25, 0.3) is 0 Å². The van der Waals surface area contributed by atoms with Crippen LogP contribution in [0, 0.1) is 17.3 Å². The molecule has 0 spiro atoms. The molecule has 0 aromatic carbocycles. The molecule has 0 unspecified atom stereocenters. The van der Waals surface area contributed by atoms with Crippen LogP contribution in [0.3, 0.4) is 0 Å². The van der Waals surface area contributed by atoms with Gasteiger partial charge in [0.2, 0.25) is 0 Å². The predicted molar refractivity (Wildman–Crippen MR) is 45.2 cm³/mol. The van der Waals surface area contributed by atoms with E-state index in [1.165, 1.54) is 24.8 Å². The van der Waals surface area contributed by atoms with Gasteiger partial charge >= 0.3 is 0 Å². The Bertz CT molecular complexity index is 197. The topological polar surface area (TPSA) is 20.2 Å². The van der Waals surface area contributed by atoms with Gasteiger partial charge in [-0.2, -0.15) is 0 Å². The summed E-state index contributed by atoms with van der Waals surface area (Å²) in [5, 5.41) is 9.26. The minimum Gasteiger partial charge on any atom is -0.395 e. The van der Waals surface area contributed by atoms with Gasteiger partial charge in [-0.15, -0.1) is 0 Å². The fourth-order valence-electron chi connectivity index (χ4n) is 2.84. The van der Waals surface area contributed by atoms with E-state index < -0.39 is 0 Å². The molecule has 1 nitrogen and oxygen atoms in total. The number of aliphatic hydroxyl groups excluding tert-OH is 1. The van der Waals surface area contributed by atoms with Crippen LogP contribution < -0.4 is 0 Å². The zero-order valence-corrected chi connectivity index (χ0v) is 7.14. The Labute approximate surface area is 68.1 Å². The molecule has 1 N–H and O–H groups in total. The summed E-state index contributed by atoms with van der Waals surface area (Å²) < 4.78 is 0. The Kier molecular flexibility index (Phi) is 1.40. The molecule has 2 aliphatic rings. The molecule has 0 saturated heterocycles. The van der Waals surface area contributed by atoms with Gasteiger partial charge in [0, 0.05) is 5.41 Å². The lowest BCUT2D eigenvalue weighted by Crippen LogP contribution is -2.29. The minimum absolute atomic E-state index is 0.0723. The summed E-state index contributed by atoms with van der Waals surface area (Å²) in [6.07, 6.45) is 3.91. The largest absolute Gasteiger partial charge is 0.395 e. The summed E-state index contributed by atoms with van der Waals surface area (Å²) in [6, 6.07) is 0. The summed E-state index contributed by atoms with van der Waals surface area (Å²) >= 11 is 0. The molecule has 0 amide bonds. The number of rotatable bonds is 1. The van der Waals surface area contributed by atoms with E-state index in [9.17, 15) is 5.11 Å². The normalized spacial score (nSPS) is 48.7. The summed E-state index contributed by atoms with van der Waals surface area (Å²) in [4.78, 5) is 0. The Balaban J connectivity index is 2.30. The molecule has 3 atom stereocenters. The third kappa shape index (κ3) is 0.750. The Hall–Kier alpha value is -0.300. The average molecular weight is 152 g/mol. The molecule has 11 heavy (non-hydrogen) atoms. The second-order valence-corrected chi connectivity index (χ2v) is 4.31. The zero-order valence-electron chi connectivity index (χ0n) is 7.14. The molecule has 0 aromatic heterocycles. The second kappa shape index (κ2) is 2.10. The SMILES string of the molecule is C=C1[C@H]2CC[C@H](C2)[C@@]1(C)CO. The van der Waals surface area contributed by atoms with Gasteiger partial charge < -0.3 is 5.11 Å². The summed E-state index contributed by atoms with van der Waals surface area (Å²) in [5.41, 5.74) is 1.39. The van der Waals surface area contributed by atoms with Crippen molar-refractivity contribution in [2.75, 3.05) is 6.61 Å². The average Bonchev–Trinajstić information content (AvgIpc) is 2.56. The van der Waals surface area contributed by atoms with E-state index in [4.69, 9.17) is 0 Å². The van der Waals surface area contributed by atoms with Crippen molar-refractivity contribution in [3.63, 3.8) is 0 Å². The van der Waals surface area contributed by atoms with Gasteiger partial charge in [-0.05, 0) is 31.1 Å². The van der Waals surface area contributed by atoms with E-state index in [-0.39, 0.29) is 5.41 Å². The third-order valence-corrected chi connectivity index (χ3v) is 3.89. The van der Waals surface area contributed by atoms with Crippen molar-refractivity contribution in [1.82, 2.24) is 0 Å². The van der Waals surface area contributed by atoms with Crippen LogP contribution in [0.25, 0.3) is 0 Å². The van der Waals surface area contributed by atoms with E-state index in [0.717, 1.165) is 11.8 Å². The lowest BCUT2D eigenvalue weighted by molar-refractivity contribution is 0.124. The van der Waals surface area contributed by atoms with Crippen molar-refractivity contribution in [1.29, 1.82) is 0 Å². The molecule has 0 radical (unpaired) electrons. The van der Waals surface area contributed by atoms with Gasteiger partial charge in [0.05, 0.1) is 6.61 Å². The van der Waals surface area contributed by atoms with Crippen LogP contribution in [0.2, 0.25) is 0 Å². The minimum atomic E-state index is 0.0723. The van der Waals surface area contributed by atoms with Gasteiger partial charge in [-0.1, -0.05) is 19.1 Å². The number of hydrogen-bond acceptors (Lipinski definition) is 1. The van der Waals surface area contributed by atoms with Crippen molar-refractivity contribution < 1.29 is 5.11 Å². The highest BCUT2D eigenvalue weighted by atomic mass is 16.3. The zero-order chi connectivity index (χ0) is 8.06. The van der Waals surface area contributed by atoms with E-state index in [2.05, 4.69) is 13.5 Å². The van der Waals surface area contributed by atoms with Crippen molar-refractivity contribution in [3.8, 4) is 0 Å². The Morgan fingerprint density at radius 1 is 1.64 bits per heavy atom. The van der Waals surface area contributed by atoms with Crippen molar-refractivity contribution in [2.24, 2.45) is 17.3 Å². The highest BCUT2D eigenvalue weighted by Gasteiger charge is 2.50. The number of aliphatic hydroxyl groups is 1. The van der Waals surface area contributed by atoms with Crippen LogP contribution in [-0.4, -0.2) is 11.7 Å². The summed E-state index contributed by atoms with van der Waals surface area (Å²) in [6.45, 7) is 6.57. The van der Waals surface area contributed by atoms with E-state index in [0.29, 0.717) is 6.61 Å². The first kappa shape index (κ1) is 7.35. The molecule has 1 heteroatoms. The van der Waals surface area contributed by atoms with Crippen LogP contribution in [0.15, 0.2) is 12.2 Å². The molecule has 2 fully saturated rings. The van der Waals surface area contributed by atoms with Crippen LogP contribution in [0.5, 0.6) is 0 Å². The predicted octanol–water partition coefficient (Wildman–Crippen LogP) is 1.97. The first-order valence-corrected chi connectivity index (χ1v) is 4.48. The smallest absolute Gasteiger partial charge is 0.0524 e. The van der Waals surface area contributed by atoms with E-state index >= 15 is 0 Å². The maximum absolute atomic E-state index is 9.26.